The van der Waals surface area contributed by atoms with Crippen LogP contribution in [0.5, 0.6) is 5.75 Å². The number of carbonyl (C=O) groups excluding carboxylic acids is 2. The number of carbonyl (C=O) groups is 2. The van der Waals surface area contributed by atoms with Crippen LogP contribution >= 0.6 is 0 Å². The molecule has 0 spiro atoms. The highest BCUT2D eigenvalue weighted by molar-refractivity contribution is 5.84. The summed E-state index contributed by atoms with van der Waals surface area (Å²) in [7, 11) is 1.28. The standard InChI is InChI=1S/C26H37N3O6/c1-17(2)14-26(6,29-24(32)35-25(3,4)5)16-34-21-9-8-18(12-20(21)15-30)19-10-11-27-22(13-19)28-23(31)33-7/h8-13,17,30H,14-16H2,1-7H3,(H,29,32)(H,27,28,31). The van der Waals surface area contributed by atoms with Crippen molar-refractivity contribution >= 4 is 18.0 Å². The van der Waals surface area contributed by atoms with Crippen LogP contribution in [-0.4, -0.2) is 47.1 Å². The highest BCUT2D eigenvalue weighted by Gasteiger charge is 2.31. The molecule has 2 amide bonds. The predicted molar refractivity (Wildman–Crippen MR) is 134 cm³/mol. The molecule has 35 heavy (non-hydrogen) atoms. The molecule has 192 valence electrons. The van der Waals surface area contributed by atoms with Crippen LogP contribution in [0.2, 0.25) is 0 Å². The Morgan fingerprint density at radius 3 is 2.34 bits per heavy atom. The van der Waals surface area contributed by atoms with Crippen molar-refractivity contribution in [1.82, 2.24) is 10.3 Å². The van der Waals surface area contributed by atoms with E-state index in [4.69, 9.17) is 9.47 Å². The summed E-state index contributed by atoms with van der Waals surface area (Å²) in [4.78, 5) is 28.0. The maximum absolute atomic E-state index is 12.4. The summed E-state index contributed by atoms with van der Waals surface area (Å²) in [6.45, 7) is 11.5. The van der Waals surface area contributed by atoms with E-state index in [1.54, 1.807) is 24.4 Å². The Morgan fingerprint density at radius 2 is 1.74 bits per heavy atom. The molecule has 2 aromatic rings. The van der Waals surface area contributed by atoms with Crippen molar-refractivity contribution in [3.63, 3.8) is 0 Å². The van der Waals surface area contributed by atoms with Crippen molar-refractivity contribution in [2.24, 2.45) is 5.92 Å². The first-order valence-electron chi connectivity index (χ1n) is 11.5. The van der Waals surface area contributed by atoms with Crippen LogP contribution in [0.15, 0.2) is 36.5 Å². The van der Waals surface area contributed by atoms with Crippen molar-refractivity contribution in [3.05, 3.63) is 42.1 Å². The summed E-state index contributed by atoms with van der Waals surface area (Å²) >= 11 is 0. The summed E-state index contributed by atoms with van der Waals surface area (Å²) in [5.74, 6) is 1.16. The molecule has 0 aliphatic carbocycles. The van der Waals surface area contributed by atoms with Gasteiger partial charge in [-0.3, -0.25) is 5.32 Å². The minimum absolute atomic E-state index is 0.194. The van der Waals surface area contributed by atoms with E-state index in [1.165, 1.54) is 7.11 Å². The first-order chi connectivity index (χ1) is 16.3. The van der Waals surface area contributed by atoms with E-state index in [0.717, 1.165) is 11.1 Å². The highest BCUT2D eigenvalue weighted by atomic mass is 16.6. The number of methoxy groups -OCH3 is 1. The van der Waals surface area contributed by atoms with Gasteiger partial charge in [0.2, 0.25) is 0 Å². The van der Waals surface area contributed by atoms with Crippen LogP contribution in [0.4, 0.5) is 15.4 Å². The SMILES string of the molecule is COC(=O)Nc1cc(-c2ccc(OCC(C)(CC(C)C)NC(=O)OC(C)(C)C)c(CO)c2)ccn1. The van der Waals surface area contributed by atoms with Gasteiger partial charge in [0.05, 0.1) is 19.3 Å². The summed E-state index contributed by atoms with van der Waals surface area (Å²) in [6.07, 6.45) is 1.13. The molecule has 1 aromatic heterocycles. The summed E-state index contributed by atoms with van der Waals surface area (Å²) in [6, 6.07) is 8.95. The minimum Gasteiger partial charge on any atom is -0.491 e. The van der Waals surface area contributed by atoms with Gasteiger partial charge < -0.3 is 24.6 Å². The third-order valence-corrected chi connectivity index (χ3v) is 4.95. The Morgan fingerprint density at radius 1 is 1.06 bits per heavy atom. The van der Waals surface area contributed by atoms with Crippen molar-refractivity contribution in [2.45, 2.75) is 65.7 Å². The molecule has 2 rings (SSSR count). The number of amides is 2. The monoisotopic (exact) mass is 487 g/mol. The second-order valence-corrected chi connectivity index (χ2v) is 10.1. The average Bonchev–Trinajstić information content (AvgIpc) is 2.75. The number of hydrogen-bond donors (Lipinski definition) is 3. The molecule has 0 aliphatic heterocycles. The van der Waals surface area contributed by atoms with Gasteiger partial charge in [0.1, 0.15) is 23.8 Å². The number of alkyl carbamates (subject to hydrolysis) is 1. The van der Waals surface area contributed by atoms with Crippen LogP contribution in [-0.2, 0) is 16.1 Å². The van der Waals surface area contributed by atoms with Gasteiger partial charge in [0, 0.05) is 11.8 Å². The van der Waals surface area contributed by atoms with E-state index >= 15 is 0 Å². The number of benzene rings is 1. The number of pyridine rings is 1. The minimum atomic E-state index is -0.679. The van der Waals surface area contributed by atoms with Crippen LogP contribution in [0, 0.1) is 5.92 Å². The Kier molecular flexibility index (Phi) is 9.47. The van der Waals surface area contributed by atoms with Gasteiger partial charge in [0.15, 0.2) is 0 Å². The van der Waals surface area contributed by atoms with Crippen LogP contribution < -0.4 is 15.4 Å². The lowest BCUT2D eigenvalue weighted by Gasteiger charge is -2.33. The first kappa shape index (κ1) is 27.9. The van der Waals surface area contributed by atoms with Gasteiger partial charge in [-0.15, -0.1) is 0 Å². The zero-order valence-corrected chi connectivity index (χ0v) is 21.6. The van der Waals surface area contributed by atoms with Crippen LogP contribution in [0.25, 0.3) is 11.1 Å². The van der Waals surface area contributed by atoms with Crippen molar-refractivity contribution in [2.75, 3.05) is 19.0 Å². The molecule has 1 atom stereocenters. The summed E-state index contributed by atoms with van der Waals surface area (Å²) < 4.78 is 16.1. The molecule has 1 aromatic carbocycles. The van der Waals surface area contributed by atoms with Gasteiger partial charge in [-0.25, -0.2) is 14.6 Å². The molecular formula is C26H37N3O6. The molecule has 3 N–H and O–H groups in total. The fourth-order valence-electron chi connectivity index (χ4n) is 3.69. The molecule has 0 bridgehead atoms. The Bertz CT molecular complexity index is 1020. The Labute approximate surface area is 207 Å². The fraction of sp³-hybridized carbons (Fsp3) is 0.500. The highest BCUT2D eigenvalue weighted by Crippen LogP contribution is 2.29. The molecule has 0 aliphatic rings. The number of nitrogens with one attached hydrogen (secondary N) is 2. The molecule has 9 nitrogen and oxygen atoms in total. The number of rotatable bonds is 9. The number of aliphatic hydroxyl groups excluding tert-OH is 1. The topological polar surface area (TPSA) is 119 Å². The number of anilines is 1. The van der Waals surface area contributed by atoms with E-state index in [9.17, 15) is 14.7 Å². The molecule has 1 unspecified atom stereocenters. The molecule has 0 fully saturated rings. The lowest BCUT2D eigenvalue weighted by atomic mass is 9.91. The normalized spacial score (nSPS) is 13.1. The first-order valence-corrected chi connectivity index (χ1v) is 11.5. The zero-order valence-electron chi connectivity index (χ0n) is 21.6. The van der Waals surface area contributed by atoms with Gasteiger partial charge in [-0.1, -0.05) is 19.9 Å². The fourth-order valence-corrected chi connectivity index (χ4v) is 3.69. The van der Waals surface area contributed by atoms with Crippen molar-refractivity contribution in [1.29, 1.82) is 0 Å². The third-order valence-electron chi connectivity index (χ3n) is 4.95. The van der Waals surface area contributed by atoms with Crippen molar-refractivity contribution in [3.8, 4) is 16.9 Å². The zero-order chi connectivity index (χ0) is 26.2. The molecule has 0 saturated carbocycles. The van der Waals surface area contributed by atoms with Gasteiger partial charge in [0.25, 0.3) is 0 Å². The lowest BCUT2D eigenvalue weighted by Crippen LogP contribution is -2.52. The molecular weight excluding hydrogens is 450 g/mol. The Balaban J connectivity index is 2.21. The van der Waals surface area contributed by atoms with Crippen LogP contribution in [0.3, 0.4) is 0 Å². The number of aromatic nitrogens is 1. The molecule has 1 heterocycles. The number of nitrogens with zero attached hydrogens (tertiary/aromatic N) is 1. The van der Waals surface area contributed by atoms with Crippen molar-refractivity contribution < 1.29 is 28.9 Å². The van der Waals surface area contributed by atoms with Gasteiger partial charge in [-0.2, -0.15) is 0 Å². The van der Waals surface area contributed by atoms with E-state index in [-0.39, 0.29) is 13.2 Å². The van der Waals surface area contributed by atoms with Gasteiger partial charge >= 0.3 is 12.2 Å². The lowest BCUT2D eigenvalue weighted by molar-refractivity contribution is 0.0407. The smallest absolute Gasteiger partial charge is 0.412 e. The quantitative estimate of drug-likeness (QED) is 0.449. The number of hydrogen-bond acceptors (Lipinski definition) is 7. The van der Waals surface area contributed by atoms with E-state index in [2.05, 4.69) is 34.2 Å². The summed E-state index contributed by atoms with van der Waals surface area (Å²) in [5, 5.41) is 15.5. The van der Waals surface area contributed by atoms with E-state index in [0.29, 0.717) is 29.5 Å². The van der Waals surface area contributed by atoms with E-state index in [1.807, 2.05) is 39.8 Å². The molecule has 0 radical (unpaired) electrons. The third kappa shape index (κ3) is 9.09. The van der Waals surface area contributed by atoms with Crippen LogP contribution in [0.1, 0.15) is 53.5 Å². The molecule has 9 heteroatoms. The Hall–Kier alpha value is -3.33. The maximum atomic E-state index is 12.4. The second kappa shape index (κ2) is 11.9. The average molecular weight is 488 g/mol. The molecule has 0 saturated heterocycles. The predicted octanol–water partition coefficient (Wildman–Crippen LogP) is 5.13. The number of aliphatic hydroxyl groups is 1. The van der Waals surface area contributed by atoms with Gasteiger partial charge in [-0.05, 0) is 75.4 Å². The maximum Gasteiger partial charge on any atom is 0.412 e. The number of ether oxygens (including phenoxy) is 3. The largest absolute Gasteiger partial charge is 0.491 e. The summed E-state index contributed by atoms with van der Waals surface area (Å²) in [5.41, 5.74) is 0.910. The van der Waals surface area contributed by atoms with E-state index < -0.39 is 23.3 Å². The second-order valence-electron chi connectivity index (χ2n) is 10.1.